The molecule has 2 rings (SSSR count). The van der Waals surface area contributed by atoms with Crippen LogP contribution in [0.3, 0.4) is 0 Å². The number of nitrogens with one attached hydrogen (secondary N) is 2. The van der Waals surface area contributed by atoms with Crippen LogP contribution in [-0.4, -0.2) is 51.7 Å². The van der Waals surface area contributed by atoms with Crippen molar-refractivity contribution >= 4 is 29.9 Å². The molecular weight excluding hydrogens is 403 g/mol. The molecule has 1 aliphatic rings. The molecule has 1 heterocycles. The number of hydrogen-bond donors (Lipinski definition) is 2. The van der Waals surface area contributed by atoms with Crippen molar-refractivity contribution < 1.29 is 4.74 Å². The first-order valence-corrected chi connectivity index (χ1v) is 7.97. The summed E-state index contributed by atoms with van der Waals surface area (Å²) in [5.74, 6) is 2.50. The number of methoxy groups -OCH3 is 1. The molecule has 1 aromatic rings. The highest BCUT2D eigenvalue weighted by atomic mass is 127. The maximum Gasteiger partial charge on any atom is 0.191 e. The minimum Gasteiger partial charge on any atom is -0.497 e. The second-order valence-corrected chi connectivity index (χ2v) is 5.90. The number of piperidine rings is 1. The van der Waals surface area contributed by atoms with Gasteiger partial charge in [0.15, 0.2) is 5.96 Å². The molecule has 0 unspecified atom stereocenters. The summed E-state index contributed by atoms with van der Waals surface area (Å²) in [5, 5.41) is 6.80. The van der Waals surface area contributed by atoms with Gasteiger partial charge in [0.25, 0.3) is 0 Å². The van der Waals surface area contributed by atoms with Gasteiger partial charge in [-0.15, -0.1) is 24.0 Å². The predicted octanol–water partition coefficient (Wildman–Crippen LogP) is 2.32. The Labute approximate surface area is 156 Å². The molecular formula is C17H29IN4O. The van der Waals surface area contributed by atoms with Crippen LogP contribution in [0.25, 0.3) is 0 Å². The van der Waals surface area contributed by atoms with Crippen molar-refractivity contribution in [1.29, 1.82) is 0 Å². The van der Waals surface area contributed by atoms with E-state index in [0.717, 1.165) is 30.7 Å². The maximum atomic E-state index is 5.17. The molecule has 2 N–H and O–H groups in total. The van der Waals surface area contributed by atoms with Crippen molar-refractivity contribution in [3.05, 3.63) is 29.8 Å². The SMILES string of the molecule is CN=C(NCc1ccc(OC)cc1)NCC1CCN(C)CC1.I. The van der Waals surface area contributed by atoms with Gasteiger partial charge in [-0.3, -0.25) is 4.99 Å². The van der Waals surface area contributed by atoms with Crippen LogP contribution < -0.4 is 15.4 Å². The fraction of sp³-hybridized carbons (Fsp3) is 0.588. The largest absolute Gasteiger partial charge is 0.497 e. The number of nitrogens with zero attached hydrogens (tertiary/aromatic N) is 2. The fourth-order valence-electron chi connectivity index (χ4n) is 2.66. The number of halogens is 1. The van der Waals surface area contributed by atoms with E-state index in [-0.39, 0.29) is 24.0 Å². The molecule has 0 saturated carbocycles. The van der Waals surface area contributed by atoms with Crippen molar-refractivity contribution in [3.8, 4) is 5.75 Å². The molecule has 0 bridgehead atoms. The molecule has 0 aromatic heterocycles. The van der Waals surface area contributed by atoms with E-state index in [2.05, 4.69) is 39.7 Å². The third-order valence-electron chi connectivity index (χ3n) is 4.24. The van der Waals surface area contributed by atoms with Gasteiger partial charge < -0.3 is 20.3 Å². The summed E-state index contributed by atoms with van der Waals surface area (Å²) in [5.41, 5.74) is 1.21. The second kappa shape index (κ2) is 10.7. The predicted molar refractivity (Wildman–Crippen MR) is 107 cm³/mol. The highest BCUT2D eigenvalue weighted by molar-refractivity contribution is 14.0. The summed E-state index contributed by atoms with van der Waals surface area (Å²) in [6.07, 6.45) is 2.53. The lowest BCUT2D eigenvalue weighted by Gasteiger charge is -2.29. The zero-order valence-electron chi connectivity index (χ0n) is 14.3. The van der Waals surface area contributed by atoms with E-state index in [1.54, 1.807) is 7.11 Å². The van der Waals surface area contributed by atoms with Crippen LogP contribution in [0.4, 0.5) is 0 Å². The van der Waals surface area contributed by atoms with E-state index >= 15 is 0 Å². The normalized spacial score (nSPS) is 16.6. The third-order valence-corrected chi connectivity index (χ3v) is 4.24. The first kappa shape index (κ1) is 20.0. The smallest absolute Gasteiger partial charge is 0.191 e. The van der Waals surface area contributed by atoms with E-state index in [9.17, 15) is 0 Å². The van der Waals surface area contributed by atoms with Gasteiger partial charge in [-0.1, -0.05) is 12.1 Å². The highest BCUT2D eigenvalue weighted by Gasteiger charge is 2.16. The van der Waals surface area contributed by atoms with E-state index in [1.165, 1.54) is 31.5 Å². The van der Waals surface area contributed by atoms with Crippen LogP contribution in [-0.2, 0) is 6.54 Å². The van der Waals surface area contributed by atoms with E-state index < -0.39 is 0 Å². The van der Waals surface area contributed by atoms with Gasteiger partial charge in [0, 0.05) is 20.1 Å². The van der Waals surface area contributed by atoms with Crippen LogP contribution in [0.15, 0.2) is 29.3 Å². The number of aliphatic imine (C=N–C) groups is 1. The first-order chi connectivity index (χ1) is 10.7. The minimum absolute atomic E-state index is 0. The Morgan fingerprint density at radius 2 is 1.87 bits per heavy atom. The van der Waals surface area contributed by atoms with Crippen LogP contribution in [0.5, 0.6) is 5.75 Å². The topological polar surface area (TPSA) is 48.9 Å². The molecule has 0 aliphatic carbocycles. The zero-order valence-corrected chi connectivity index (χ0v) is 16.7. The molecule has 0 atom stereocenters. The Balaban J connectivity index is 0.00000264. The van der Waals surface area contributed by atoms with Crippen molar-refractivity contribution in [2.45, 2.75) is 19.4 Å². The molecule has 1 aromatic carbocycles. The van der Waals surface area contributed by atoms with Crippen molar-refractivity contribution in [2.75, 3.05) is 40.8 Å². The summed E-state index contributed by atoms with van der Waals surface area (Å²) in [6, 6.07) is 8.09. The standard InChI is InChI=1S/C17H28N4O.HI/c1-18-17(20-13-15-8-10-21(2)11-9-15)19-12-14-4-6-16(22-3)7-5-14;/h4-7,15H,8-13H2,1-3H3,(H2,18,19,20);1H. The highest BCUT2D eigenvalue weighted by Crippen LogP contribution is 2.14. The average molecular weight is 432 g/mol. The van der Waals surface area contributed by atoms with Crippen molar-refractivity contribution in [1.82, 2.24) is 15.5 Å². The molecule has 5 nitrogen and oxygen atoms in total. The average Bonchev–Trinajstić information content (AvgIpc) is 2.57. The zero-order chi connectivity index (χ0) is 15.8. The third kappa shape index (κ3) is 6.95. The Kier molecular flexibility index (Phi) is 9.31. The molecule has 0 radical (unpaired) electrons. The number of likely N-dealkylation sites (tertiary alicyclic amines) is 1. The van der Waals surface area contributed by atoms with Gasteiger partial charge in [0.1, 0.15) is 5.75 Å². The molecule has 0 spiro atoms. The quantitative estimate of drug-likeness (QED) is 0.426. The van der Waals surface area contributed by atoms with E-state index in [0.29, 0.717) is 0 Å². The van der Waals surface area contributed by atoms with Gasteiger partial charge in [-0.2, -0.15) is 0 Å². The molecule has 1 saturated heterocycles. The van der Waals surface area contributed by atoms with Gasteiger partial charge in [0.2, 0.25) is 0 Å². The maximum absolute atomic E-state index is 5.17. The van der Waals surface area contributed by atoms with Crippen LogP contribution in [0.2, 0.25) is 0 Å². The summed E-state index contributed by atoms with van der Waals surface area (Å²) in [6.45, 7) is 4.15. The van der Waals surface area contributed by atoms with E-state index in [4.69, 9.17) is 4.74 Å². The summed E-state index contributed by atoms with van der Waals surface area (Å²) >= 11 is 0. The Bertz CT molecular complexity index is 470. The Hall–Kier alpha value is -1.02. The molecule has 130 valence electrons. The summed E-state index contributed by atoms with van der Waals surface area (Å²) in [7, 11) is 5.69. The summed E-state index contributed by atoms with van der Waals surface area (Å²) in [4.78, 5) is 6.69. The molecule has 23 heavy (non-hydrogen) atoms. The van der Waals surface area contributed by atoms with Gasteiger partial charge in [0.05, 0.1) is 7.11 Å². The van der Waals surface area contributed by atoms with Gasteiger partial charge in [-0.05, 0) is 56.6 Å². The van der Waals surface area contributed by atoms with Crippen LogP contribution in [0, 0.1) is 5.92 Å². The summed E-state index contributed by atoms with van der Waals surface area (Å²) < 4.78 is 5.17. The number of rotatable bonds is 5. The van der Waals surface area contributed by atoms with E-state index in [1.807, 2.05) is 19.2 Å². The lowest BCUT2D eigenvalue weighted by molar-refractivity contribution is 0.220. The molecule has 1 fully saturated rings. The van der Waals surface area contributed by atoms with Gasteiger partial charge in [-0.25, -0.2) is 0 Å². The van der Waals surface area contributed by atoms with Crippen LogP contribution >= 0.6 is 24.0 Å². The Morgan fingerprint density at radius 3 is 2.43 bits per heavy atom. The lowest BCUT2D eigenvalue weighted by atomic mass is 9.97. The number of benzene rings is 1. The second-order valence-electron chi connectivity index (χ2n) is 5.90. The van der Waals surface area contributed by atoms with Crippen LogP contribution in [0.1, 0.15) is 18.4 Å². The number of guanidine groups is 1. The fourth-order valence-corrected chi connectivity index (χ4v) is 2.66. The van der Waals surface area contributed by atoms with Crippen molar-refractivity contribution in [3.63, 3.8) is 0 Å². The Morgan fingerprint density at radius 1 is 1.22 bits per heavy atom. The lowest BCUT2D eigenvalue weighted by Crippen LogP contribution is -2.41. The monoisotopic (exact) mass is 432 g/mol. The molecule has 1 aliphatic heterocycles. The number of ether oxygens (including phenoxy) is 1. The van der Waals surface area contributed by atoms with Crippen molar-refractivity contribution in [2.24, 2.45) is 10.9 Å². The minimum atomic E-state index is 0. The first-order valence-electron chi connectivity index (χ1n) is 7.97. The van der Waals surface area contributed by atoms with Gasteiger partial charge >= 0.3 is 0 Å². The number of hydrogen-bond acceptors (Lipinski definition) is 3. The molecule has 6 heteroatoms. The molecule has 0 amide bonds.